The Labute approximate surface area is 113 Å². The summed E-state index contributed by atoms with van der Waals surface area (Å²) in [4.78, 5) is 14.2. The van der Waals surface area contributed by atoms with Gasteiger partial charge < -0.3 is 15.4 Å². The lowest BCUT2D eigenvalue weighted by atomic mass is 10.0. The highest BCUT2D eigenvalue weighted by molar-refractivity contribution is 5.95. The number of nitrogens with one attached hydrogen (secondary N) is 1. The first-order valence-corrected chi connectivity index (χ1v) is 6.57. The fourth-order valence-electron chi connectivity index (χ4n) is 2.51. The Hall–Kier alpha value is -1.59. The number of anilines is 1. The third-order valence-corrected chi connectivity index (χ3v) is 3.82. The Kier molecular flexibility index (Phi) is 4.07. The zero-order valence-corrected chi connectivity index (χ0v) is 11.4. The third-order valence-electron chi connectivity index (χ3n) is 3.82. The standard InChI is InChI=1S/C14H21N3O2/c1-9-7-11(3-4-13(9)16-15)14(19)17-6-5-12(8-17)10(2)18/h3-4,7,10,12,16,18H,5-6,8,15H2,1-2H3. The average molecular weight is 263 g/mol. The summed E-state index contributed by atoms with van der Waals surface area (Å²) in [5, 5.41) is 9.57. The highest BCUT2D eigenvalue weighted by atomic mass is 16.3. The number of aliphatic hydroxyl groups is 1. The van der Waals surface area contributed by atoms with E-state index < -0.39 is 0 Å². The minimum Gasteiger partial charge on any atom is -0.393 e. The Morgan fingerprint density at radius 2 is 2.32 bits per heavy atom. The summed E-state index contributed by atoms with van der Waals surface area (Å²) in [7, 11) is 0. The summed E-state index contributed by atoms with van der Waals surface area (Å²) in [5.74, 6) is 5.59. The number of hydrazine groups is 1. The molecule has 5 heteroatoms. The molecule has 1 fully saturated rings. The normalized spacial score (nSPS) is 20.4. The van der Waals surface area contributed by atoms with Crippen molar-refractivity contribution in [1.29, 1.82) is 0 Å². The molecule has 1 heterocycles. The molecule has 0 saturated carbocycles. The van der Waals surface area contributed by atoms with E-state index in [0.29, 0.717) is 18.7 Å². The molecule has 1 saturated heterocycles. The molecular formula is C14H21N3O2. The van der Waals surface area contributed by atoms with Crippen LogP contribution < -0.4 is 11.3 Å². The quantitative estimate of drug-likeness (QED) is 0.564. The van der Waals surface area contributed by atoms with Crippen molar-refractivity contribution in [1.82, 2.24) is 4.90 Å². The van der Waals surface area contributed by atoms with Gasteiger partial charge in [-0.1, -0.05) is 0 Å². The molecule has 1 aliphatic heterocycles. The molecule has 0 bridgehead atoms. The second-order valence-corrected chi connectivity index (χ2v) is 5.21. The number of nitrogen functional groups attached to an aromatic ring is 1. The zero-order chi connectivity index (χ0) is 14.0. The molecule has 0 aromatic heterocycles. The molecule has 104 valence electrons. The van der Waals surface area contributed by atoms with Crippen LogP contribution in [-0.4, -0.2) is 35.1 Å². The minimum atomic E-state index is -0.358. The number of likely N-dealkylation sites (tertiary alicyclic amines) is 1. The van der Waals surface area contributed by atoms with Crippen molar-refractivity contribution in [3.05, 3.63) is 29.3 Å². The van der Waals surface area contributed by atoms with E-state index in [-0.39, 0.29) is 17.9 Å². The molecule has 2 unspecified atom stereocenters. The second kappa shape index (κ2) is 5.59. The van der Waals surface area contributed by atoms with Crippen molar-refractivity contribution in [2.45, 2.75) is 26.4 Å². The first-order chi connectivity index (χ1) is 9.02. The number of carbonyl (C=O) groups excluding carboxylic acids is 1. The lowest BCUT2D eigenvalue weighted by Gasteiger charge is -2.18. The highest BCUT2D eigenvalue weighted by Gasteiger charge is 2.29. The number of nitrogens with two attached hydrogens (primary N) is 1. The topological polar surface area (TPSA) is 78.6 Å². The minimum absolute atomic E-state index is 0.0230. The number of carbonyl (C=O) groups is 1. The first kappa shape index (κ1) is 13.8. The molecule has 1 aromatic rings. The summed E-state index contributed by atoms with van der Waals surface area (Å²) in [6.07, 6.45) is 0.508. The zero-order valence-electron chi connectivity index (χ0n) is 11.4. The maximum absolute atomic E-state index is 12.4. The molecular weight excluding hydrogens is 242 g/mol. The van der Waals surface area contributed by atoms with Gasteiger partial charge in [-0.25, -0.2) is 0 Å². The van der Waals surface area contributed by atoms with Crippen LogP contribution in [0.5, 0.6) is 0 Å². The van der Waals surface area contributed by atoms with Crippen molar-refractivity contribution in [2.24, 2.45) is 11.8 Å². The van der Waals surface area contributed by atoms with Gasteiger partial charge in [0.2, 0.25) is 0 Å². The van der Waals surface area contributed by atoms with Crippen LogP contribution in [0.15, 0.2) is 18.2 Å². The molecule has 0 spiro atoms. The molecule has 4 N–H and O–H groups in total. The van der Waals surface area contributed by atoms with E-state index in [2.05, 4.69) is 5.43 Å². The van der Waals surface area contributed by atoms with Gasteiger partial charge in [-0.3, -0.25) is 10.6 Å². The Morgan fingerprint density at radius 1 is 1.58 bits per heavy atom. The van der Waals surface area contributed by atoms with Crippen molar-refractivity contribution in [3.8, 4) is 0 Å². The number of nitrogens with zero attached hydrogens (tertiary/aromatic N) is 1. The fourth-order valence-corrected chi connectivity index (χ4v) is 2.51. The summed E-state index contributed by atoms with van der Waals surface area (Å²) in [6.45, 7) is 5.04. The van der Waals surface area contributed by atoms with Crippen molar-refractivity contribution in [2.75, 3.05) is 18.5 Å². The van der Waals surface area contributed by atoms with Gasteiger partial charge in [-0.05, 0) is 44.0 Å². The van der Waals surface area contributed by atoms with Crippen molar-refractivity contribution >= 4 is 11.6 Å². The van der Waals surface area contributed by atoms with Gasteiger partial charge in [0.25, 0.3) is 5.91 Å². The predicted octanol–water partition coefficient (Wildman–Crippen LogP) is 1.12. The second-order valence-electron chi connectivity index (χ2n) is 5.21. The van der Waals surface area contributed by atoms with Crippen LogP contribution in [0.25, 0.3) is 0 Å². The number of hydrogen-bond donors (Lipinski definition) is 3. The average Bonchev–Trinajstić information content (AvgIpc) is 2.87. The van der Waals surface area contributed by atoms with Gasteiger partial charge in [-0.15, -0.1) is 0 Å². The van der Waals surface area contributed by atoms with Crippen molar-refractivity contribution < 1.29 is 9.90 Å². The summed E-state index contributed by atoms with van der Waals surface area (Å²) in [6, 6.07) is 5.43. The summed E-state index contributed by atoms with van der Waals surface area (Å²) in [5.41, 5.74) is 5.03. The van der Waals surface area contributed by atoms with Gasteiger partial charge in [0.15, 0.2) is 0 Å². The van der Waals surface area contributed by atoms with Crippen molar-refractivity contribution in [3.63, 3.8) is 0 Å². The molecule has 1 aliphatic rings. The molecule has 5 nitrogen and oxygen atoms in total. The number of amides is 1. The van der Waals surface area contributed by atoms with Gasteiger partial charge in [0, 0.05) is 24.6 Å². The lowest BCUT2D eigenvalue weighted by molar-refractivity contribution is 0.0762. The predicted molar refractivity (Wildman–Crippen MR) is 74.7 cm³/mol. The van der Waals surface area contributed by atoms with Crippen LogP contribution in [0.3, 0.4) is 0 Å². The first-order valence-electron chi connectivity index (χ1n) is 6.57. The maximum atomic E-state index is 12.4. The van der Waals surface area contributed by atoms with Gasteiger partial charge in [0.1, 0.15) is 0 Å². The van der Waals surface area contributed by atoms with Gasteiger partial charge in [-0.2, -0.15) is 0 Å². The van der Waals surface area contributed by atoms with Crippen LogP contribution in [0, 0.1) is 12.8 Å². The molecule has 0 radical (unpaired) electrons. The number of rotatable bonds is 3. The highest BCUT2D eigenvalue weighted by Crippen LogP contribution is 2.23. The number of benzene rings is 1. The van der Waals surface area contributed by atoms with E-state index in [1.165, 1.54) is 0 Å². The number of hydrogen-bond acceptors (Lipinski definition) is 4. The number of aryl methyl sites for hydroxylation is 1. The maximum Gasteiger partial charge on any atom is 0.253 e. The van der Waals surface area contributed by atoms with E-state index >= 15 is 0 Å². The van der Waals surface area contributed by atoms with Crippen LogP contribution >= 0.6 is 0 Å². The van der Waals surface area contributed by atoms with Crippen LogP contribution in [0.4, 0.5) is 5.69 Å². The molecule has 1 aromatic carbocycles. The summed E-state index contributed by atoms with van der Waals surface area (Å²) >= 11 is 0. The molecule has 1 amide bonds. The Balaban J connectivity index is 2.10. The van der Waals surface area contributed by atoms with Gasteiger partial charge >= 0.3 is 0 Å². The molecule has 2 rings (SSSR count). The van der Waals surface area contributed by atoms with E-state index in [4.69, 9.17) is 5.84 Å². The molecule has 0 aliphatic carbocycles. The Bertz CT molecular complexity index is 474. The van der Waals surface area contributed by atoms with E-state index in [1.807, 2.05) is 24.0 Å². The fraction of sp³-hybridized carbons (Fsp3) is 0.500. The summed E-state index contributed by atoms with van der Waals surface area (Å²) < 4.78 is 0. The lowest BCUT2D eigenvalue weighted by Crippen LogP contribution is -2.30. The molecule has 2 atom stereocenters. The Morgan fingerprint density at radius 3 is 2.84 bits per heavy atom. The van der Waals surface area contributed by atoms with Crippen LogP contribution in [-0.2, 0) is 0 Å². The smallest absolute Gasteiger partial charge is 0.253 e. The van der Waals surface area contributed by atoms with Gasteiger partial charge in [0.05, 0.1) is 11.8 Å². The third kappa shape index (κ3) is 2.88. The van der Waals surface area contributed by atoms with E-state index in [1.54, 1.807) is 13.0 Å². The van der Waals surface area contributed by atoms with E-state index in [0.717, 1.165) is 17.7 Å². The van der Waals surface area contributed by atoms with Crippen LogP contribution in [0.2, 0.25) is 0 Å². The number of aliphatic hydroxyl groups excluding tert-OH is 1. The SMILES string of the molecule is Cc1cc(C(=O)N2CCC(C(C)O)C2)ccc1NN. The van der Waals surface area contributed by atoms with E-state index in [9.17, 15) is 9.90 Å². The largest absolute Gasteiger partial charge is 0.393 e. The molecule has 19 heavy (non-hydrogen) atoms. The monoisotopic (exact) mass is 263 g/mol. The van der Waals surface area contributed by atoms with Crippen LogP contribution in [0.1, 0.15) is 29.3 Å².